The minimum atomic E-state index is 1.13. The Bertz CT molecular complexity index is 763. The van der Waals surface area contributed by atoms with E-state index in [-0.39, 0.29) is 0 Å². The summed E-state index contributed by atoms with van der Waals surface area (Å²) in [5, 5.41) is 0. The van der Waals surface area contributed by atoms with Gasteiger partial charge in [0.15, 0.2) is 0 Å². The summed E-state index contributed by atoms with van der Waals surface area (Å²) < 4.78 is 0. The number of rotatable bonds is 1. The molecule has 0 aromatic carbocycles. The monoisotopic (exact) mass is 260 g/mol. The van der Waals surface area contributed by atoms with Crippen LogP contribution in [0.3, 0.4) is 0 Å². The molecule has 0 aromatic heterocycles. The number of pyridine rings is 2. The second-order valence-corrected chi connectivity index (χ2v) is 5.44. The second kappa shape index (κ2) is 4.01. The van der Waals surface area contributed by atoms with Crippen molar-refractivity contribution in [3.05, 3.63) is 59.7 Å². The molecule has 0 unspecified atom stereocenters. The fourth-order valence-electron chi connectivity index (χ4n) is 2.99. The Morgan fingerprint density at radius 2 is 1.05 bits per heavy atom. The smallest absolute Gasteiger partial charge is 0.0626 e. The normalized spacial score (nSPS) is 11.5. The maximum absolute atomic E-state index is 3.52. The van der Waals surface area contributed by atoms with E-state index in [0.29, 0.717) is 0 Å². The van der Waals surface area contributed by atoms with Crippen molar-refractivity contribution in [3.8, 4) is 33.9 Å². The van der Waals surface area contributed by atoms with E-state index in [1.807, 2.05) is 0 Å². The van der Waals surface area contributed by atoms with Gasteiger partial charge in [0.2, 0.25) is 0 Å². The van der Waals surface area contributed by atoms with Crippen LogP contribution in [0.15, 0.2) is 48.5 Å². The predicted octanol–water partition coefficient (Wildman–Crippen LogP) is 4.84. The fourth-order valence-corrected chi connectivity index (χ4v) is 2.99. The molecule has 4 aliphatic rings. The zero-order valence-electron chi connectivity index (χ0n) is 11.6. The van der Waals surface area contributed by atoms with Gasteiger partial charge in [-0.05, 0) is 49.2 Å². The third-order valence-electron chi connectivity index (χ3n) is 4.03. The molecule has 0 radical (unpaired) electrons. The first-order chi connectivity index (χ1) is 9.72. The van der Waals surface area contributed by atoms with Crippen molar-refractivity contribution in [1.29, 1.82) is 0 Å². The first kappa shape index (κ1) is 11.4. The van der Waals surface area contributed by atoms with Crippen LogP contribution in [-0.4, -0.2) is 9.97 Å². The molecule has 0 fully saturated rings. The molecule has 2 aliphatic heterocycles. The number of hydrogen-bond acceptors (Lipinski definition) is 0. The van der Waals surface area contributed by atoms with Crippen LogP contribution in [0.5, 0.6) is 0 Å². The van der Waals surface area contributed by atoms with Crippen molar-refractivity contribution in [1.82, 2.24) is 9.97 Å². The third kappa shape index (κ3) is 1.58. The lowest BCUT2D eigenvalue weighted by Gasteiger charge is -2.13. The number of nitrogens with one attached hydrogen (secondary N) is 2. The van der Waals surface area contributed by atoms with Gasteiger partial charge in [0.25, 0.3) is 0 Å². The minimum Gasteiger partial charge on any atom is -0.353 e. The molecule has 4 rings (SSSR count). The molecule has 0 atom stereocenters. The van der Waals surface area contributed by atoms with Crippen LogP contribution >= 0.6 is 0 Å². The molecule has 0 bridgehead atoms. The molecule has 0 saturated heterocycles. The van der Waals surface area contributed by atoms with E-state index in [2.05, 4.69) is 72.3 Å². The Kier molecular flexibility index (Phi) is 2.27. The molecule has 0 amide bonds. The van der Waals surface area contributed by atoms with Crippen molar-refractivity contribution < 1.29 is 0 Å². The quantitative estimate of drug-likeness (QED) is 0.491. The number of hydrogen-bond donors (Lipinski definition) is 2. The van der Waals surface area contributed by atoms with E-state index in [9.17, 15) is 0 Å². The highest BCUT2D eigenvalue weighted by Gasteiger charge is 2.12. The Hall–Kier alpha value is -2.48. The van der Waals surface area contributed by atoms with Crippen molar-refractivity contribution in [2.45, 2.75) is 13.8 Å². The van der Waals surface area contributed by atoms with Gasteiger partial charge in [-0.25, -0.2) is 0 Å². The summed E-state index contributed by atoms with van der Waals surface area (Å²) in [5.41, 5.74) is 9.82. The van der Waals surface area contributed by atoms with Crippen LogP contribution in [0, 0.1) is 13.8 Å². The Labute approximate surface area is 118 Å². The average Bonchev–Trinajstić information content (AvgIpc) is 3.06. The fraction of sp³-hybridized carbons (Fsp3) is 0.111. The molecule has 2 nitrogen and oxygen atoms in total. The Morgan fingerprint density at radius 1 is 0.600 bits per heavy atom. The number of fused-ring (bicyclic) bond motifs is 2. The van der Waals surface area contributed by atoms with Crippen LogP contribution < -0.4 is 0 Å². The highest BCUT2D eigenvalue weighted by Crippen LogP contribution is 2.32. The van der Waals surface area contributed by atoms with Gasteiger partial charge in [0.1, 0.15) is 0 Å². The molecule has 2 heterocycles. The average molecular weight is 260 g/mol. The topological polar surface area (TPSA) is 31.6 Å². The summed E-state index contributed by atoms with van der Waals surface area (Å²) in [6.45, 7) is 4.32. The molecule has 0 aromatic rings. The van der Waals surface area contributed by atoms with Crippen LogP contribution in [-0.2, 0) is 0 Å². The van der Waals surface area contributed by atoms with Crippen LogP contribution in [0.4, 0.5) is 0 Å². The second-order valence-electron chi connectivity index (χ2n) is 5.44. The number of aryl methyl sites for hydroxylation is 2. The van der Waals surface area contributed by atoms with Gasteiger partial charge in [0, 0.05) is 22.5 Å². The van der Waals surface area contributed by atoms with Gasteiger partial charge in [-0.2, -0.15) is 0 Å². The van der Waals surface area contributed by atoms with Crippen LogP contribution in [0.25, 0.3) is 33.9 Å². The summed E-state index contributed by atoms with van der Waals surface area (Å²) in [6, 6.07) is 17.2. The summed E-state index contributed by atoms with van der Waals surface area (Å²) in [6.07, 6.45) is 0. The molecule has 0 spiro atoms. The highest BCUT2D eigenvalue weighted by atomic mass is 14.8. The van der Waals surface area contributed by atoms with E-state index in [1.54, 1.807) is 0 Å². The number of H-pyrrole nitrogens is 2. The molecule has 2 aliphatic carbocycles. The van der Waals surface area contributed by atoms with E-state index in [0.717, 1.165) is 11.4 Å². The lowest BCUT2D eigenvalue weighted by molar-refractivity contribution is 1.22. The summed E-state index contributed by atoms with van der Waals surface area (Å²) in [7, 11) is 0. The van der Waals surface area contributed by atoms with Gasteiger partial charge >= 0.3 is 0 Å². The Morgan fingerprint density at radius 3 is 1.50 bits per heavy atom. The Balaban J connectivity index is 1.97. The highest BCUT2D eigenvalue weighted by molar-refractivity contribution is 5.75. The molecule has 0 saturated carbocycles. The van der Waals surface area contributed by atoms with E-state index >= 15 is 0 Å². The van der Waals surface area contributed by atoms with Crippen molar-refractivity contribution in [3.63, 3.8) is 0 Å². The van der Waals surface area contributed by atoms with Gasteiger partial charge in [0.05, 0.1) is 11.4 Å². The van der Waals surface area contributed by atoms with Crippen molar-refractivity contribution in [2.24, 2.45) is 0 Å². The maximum atomic E-state index is 3.52. The molecule has 2 N–H and O–H groups in total. The molecular formula is C18H16N2. The van der Waals surface area contributed by atoms with Crippen molar-refractivity contribution in [2.75, 3.05) is 0 Å². The SMILES string of the molecule is Cc1cc(-c2cc(C)c3cccc-3[nH]2)[nH]c2cccc1-2. The zero-order chi connectivity index (χ0) is 13.7. The van der Waals surface area contributed by atoms with Crippen molar-refractivity contribution >= 4 is 0 Å². The predicted molar refractivity (Wildman–Crippen MR) is 83.3 cm³/mol. The van der Waals surface area contributed by atoms with Gasteiger partial charge in [-0.1, -0.05) is 24.3 Å². The molecule has 20 heavy (non-hydrogen) atoms. The number of aromatic amines is 2. The van der Waals surface area contributed by atoms with Gasteiger partial charge in [-0.3, -0.25) is 0 Å². The summed E-state index contributed by atoms with van der Waals surface area (Å²) >= 11 is 0. The summed E-state index contributed by atoms with van der Waals surface area (Å²) in [5.74, 6) is 0. The van der Waals surface area contributed by atoms with Crippen LogP contribution in [0.1, 0.15) is 11.1 Å². The van der Waals surface area contributed by atoms with Gasteiger partial charge < -0.3 is 9.97 Å². The largest absolute Gasteiger partial charge is 0.353 e. The zero-order valence-corrected chi connectivity index (χ0v) is 11.6. The van der Waals surface area contributed by atoms with E-state index in [1.165, 1.54) is 33.6 Å². The first-order valence-electron chi connectivity index (χ1n) is 6.89. The first-order valence-corrected chi connectivity index (χ1v) is 6.89. The van der Waals surface area contributed by atoms with Gasteiger partial charge in [-0.15, -0.1) is 0 Å². The standard InChI is InChI=1S/C18H16N2/c1-11-9-17(19-15-7-3-5-13(11)15)18-10-12(2)14-6-4-8-16(14)20-18/h3-10,19-20H,1-2H3. The lowest BCUT2D eigenvalue weighted by atomic mass is 10.0. The lowest BCUT2D eigenvalue weighted by Crippen LogP contribution is -1.95. The maximum Gasteiger partial charge on any atom is 0.0626 e. The minimum absolute atomic E-state index is 1.13. The molecule has 98 valence electrons. The molecular weight excluding hydrogens is 244 g/mol. The van der Waals surface area contributed by atoms with E-state index in [4.69, 9.17) is 0 Å². The summed E-state index contributed by atoms with van der Waals surface area (Å²) in [4.78, 5) is 7.03. The number of aromatic nitrogens is 2. The third-order valence-corrected chi connectivity index (χ3v) is 4.03. The van der Waals surface area contributed by atoms with E-state index < -0.39 is 0 Å². The molecule has 2 heteroatoms. The van der Waals surface area contributed by atoms with Crippen LogP contribution in [0.2, 0.25) is 0 Å².